The third-order valence-electron chi connectivity index (χ3n) is 3.84. The van der Waals surface area contributed by atoms with Crippen LogP contribution in [0.4, 0.5) is 0 Å². The van der Waals surface area contributed by atoms with Crippen LogP contribution >= 0.6 is 0 Å². The zero-order chi connectivity index (χ0) is 12.8. The molecule has 1 fully saturated rings. The Balaban J connectivity index is 1.84. The van der Waals surface area contributed by atoms with Crippen LogP contribution in [0.25, 0.3) is 0 Å². The molecule has 0 spiro atoms. The Morgan fingerprint density at radius 2 is 2.17 bits per heavy atom. The summed E-state index contributed by atoms with van der Waals surface area (Å²) in [6.45, 7) is 3.88. The maximum Gasteiger partial charge on any atom is 0.0509 e. The maximum atomic E-state index is 5.69. The molecule has 2 unspecified atom stereocenters. The SMILES string of the molecule is Cc1ccc(CCC(NN)C2CCCOC2)cc1. The van der Waals surface area contributed by atoms with E-state index in [2.05, 4.69) is 36.6 Å². The van der Waals surface area contributed by atoms with Crippen molar-refractivity contribution in [2.24, 2.45) is 11.8 Å². The molecule has 0 amide bonds. The second-order valence-electron chi connectivity index (χ2n) is 5.27. The van der Waals surface area contributed by atoms with Gasteiger partial charge in [0.05, 0.1) is 6.61 Å². The van der Waals surface area contributed by atoms with Crippen molar-refractivity contribution in [3.8, 4) is 0 Å². The van der Waals surface area contributed by atoms with Gasteiger partial charge in [0.1, 0.15) is 0 Å². The number of nitrogens with two attached hydrogens (primary N) is 1. The monoisotopic (exact) mass is 248 g/mol. The summed E-state index contributed by atoms with van der Waals surface area (Å²) >= 11 is 0. The largest absolute Gasteiger partial charge is 0.381 e. The van der Waals surface area contributed by atoms with Gasteiger partial charge < -0.3 is 4.74 Å². The van der Waals surface area contributed by atoms with Crippen LogP contribution < -0.4 is 11.3 Å². The van der Waals surface area contributed by atoms with Gasteiger partial charge in [0.2, 0.25) is 0 Å². The number of hydrogen-bond donors (Lipinski definition) is 2. The summed E-state index contributed by atoms with van der Waals surface area (Å²) in [5.74, 6) is 6.25. The van der Waals surface area contributed by atoms with Crippen LogP contribution in [0.1, 0.15) is 30.4 Å². The molecule has 0 bridgehead atoms. The van der Waals surface area contributed by atoms with Gasteiger partial charge in [0, 0.05) is 12.6 Å². The molecule has 3 heteroatoms. The van der Waals surface area contributed by atoms with Crippen LogP contribution in [0.3, 0.4) is 0 Å². The van der Waals surface area contributed by atoms with E-state index in [1.807, 2.05) is 0 Å². The molecule has 100 valence electrons. The quantitative estimate of drug-likeness (QED) is 0.620. The van der Waals surface area contributed by atoms with Crippen molar-refractivity contribution in [2.75, 3.05) is 13.2 Å². The van der Waals surface area contributed by atoms with Crippen molar-refractivity contribution < 1.29 is 4.74 Å². The molecule has 1 saturated heterocycles. The molecule has 3 nitrogen and oxygen atoms in total. The number of ether oxygens (including phenoxy) is 1. The van der Waals surface area contributed by atoms with Crippen molar-refractivity contribution in [3.63, 3.8) is 0 Å². The van der Waals surface area contributed by atoms with E-state index in [1.54, 1.807) is 0 Å². The zero-order valence-corrected chi connectivity index (χ0v) is 11.2. The molecule has 0 aromatic heterocycles. The Labute approximate surface area is 110 Å². The van der Waals surface area contributed by atoms with Crippen LogP contribution in [-0.4, -0.2) is 19.3 Å². The summed E-state index contributed by atoms with van der Waals surface area (Å²) in [5, 5.41) is 0. The second-order valence-corrected chi connectivity index (χ2v) is 5.27. The Bertz CT molecular complexity index is 344. The number of hydrazine groups is 1. The van der Waals surface area contributed by atoms with Gasteiger partial charge >= 0.3 is 0 Å². The molecule has 1 aliphatic rings. The number of rotatable bonds is 5. The lowest BCUT2D eigenvalue weighted by Gasteiger charge is -2.29. The molecular formula is C15H24N2O. The average Bonchev–Trinajstić information content (AvgIpc) is 2.43. The molecule has 1 aromatic rings. The minimum absolute atomic E-state index is 0.367. The maximum absolute atomic E-state index is 5.69. The average molecular weight is 248 g/mol. The molecule has 2 rings (SSSR count). The predicted molar refractivity (Wildman–Crippen MR) is 74.2 cm³/mol. The summed E-state index contributed by atoms with van der Waals surface area (Å²) in [6.07, 6.45) is 4.54. The molecule has 1 aliphatic heterocycles. The minimum atomic E-state index is 0.367. The summed E-state index contributed by atoms with van der Waals surface area (Å²) in [4.78, 5) is 0. The van der Waals surface area contributed by atoms with Gasteiger partial charge in [-0.05, 0) is 44.1 Å². The fraction of sp³-hybridized carbons (Fsp3) is 0.600. The van der Waals surface area contributed by atoms with E-state index in [9.17, 15) is 0 Å². The zero-order valence-electron chi connectivity index (χ0n) is 11.2. The summed E-state index contributed by atoms with van der Waals surface area (Å²) in [5.41, 5.74) is 5.67. The lowest BCUT2D eigenvalue weighted by molar-refractivity contribution is 0.0380. The van der Waals surface area contributed by atoms with E-state index in [-0.39, 0.29) is 0 Å². The highest BCUT2D eigenvalue weighted by atomic mass is 16.5. The first-order valence-electron chi connectivity index (χ1n) is 6.89. The predicted octanol–water partition coefficient (Wildman–Crippen LogP) is 2.19. The molecular weight excluding hydrogens is 224 g/mol. The van der Waals surface area contributed by atoms with E-state index in [1.165, 1.54) is 17.5 Å². The van der Waals surface area contributed by atoms with Crippen LogP contribution in [0.15, 0.2) is 24.3 Å². The lowest BCUT2D eigenvalue weighted by Crippen LogP contribution is -2.44. The minimum Gasteiger partial charge on any atom is -0.381 e. The molecule has 3 N–H and O–H groups in total. The van der Waals surface area contributed by atoms with E-state index in [4.69, 9.17) is 10.6 Å². The Morgan fingerprint density at radius 3 is 2.78 bits per heavy atom. The molecule has 1 heterocycles. The van der Waals surface area contributed by atoms with Crippen LogP contribution in [0.5, 0.6) is 0 Å². The molecule has 0 aliphatic carbocycles. The highest BCUT2D eigenvalue weighted by Crippen LogP contribution is 2.20. The van der Waals surface area contributed by atoms with Crippen molar-refractivity contribution in [2.45, 2.75) is 38.6 Å². The van der Waals surface area contributed by atoms with E-state index in [0.717, 1.165) is 32.5 Å². The smallest absolute Gasteiger partial charge is 0.0509 e. The van der Waals surface area contributed by atoms with Crippen molar-refractivity contribution >= 4 is 0 Å². The normalized spacial score (nSPS) is 21.8. The molecule has 1 aromatic carbocycles. The Morgan fingerprint density at radius 1 is 1.39 bits per heavy atom. The van der Waals surface area contributed by atoms with Crippen LogP contribution in [-0.2, 0) is 11.2 Å². The first-order chi connectivity index (χ1) is 8.79. The van der Waals surface area contributed by atoms with Gasteiger partial charge in [-0.25, -0.2) is 0 Å². The van der Waals surface area contributed by atoms with Gasteiger partial charge in [-0.15, -0.1) is 0 Å². The molecule has 0 saturated carbocycles. The van der Waals surface area contributed by atoms with Crippen molar-refractivity contribution in [1.82, 2.24) is 5.43 Å². The molecule has 0 radical (unpaired) electrons. The van der Waals surface area contributed by atoms with Gasteiger partial charge in [0.15, 0.2) is 0 Å². The third-order valence-corrected chi connectivity index (χ3v) is 3.84. The highest BCUT2D eigenvalue weighted by molar-refractivity contribution is 5.21. The number of hydrogen-bond acceptors (Lipinski definition) is 3. The molecule has 18 heavy (non-hydrogen) atoms. The Hall–Kier alpha value is -0.900. The van der Waals surface area contributed by atoms with E-state index in [0.29, 0.717) is 12.0 Å². The Kier molecular flexibility index (Phi) is 5.17. The number of benzene rings is 1. The van der Waals surface area contributed by atoms with Crippen LogP contribution in [0.2, 0.25) is 0 Å². The first-order valence-corrected chi connectivity index (χ1v) is 6.89. The topological polar surface area (TPSA) is 47.3 Å². The summed E-state index contributed by atoms with van der Waals surface area (Å²) < 4.78 is 5.54. The lowest BCUT2D eigenvalue weighted by atomic mass is 9.90. The number of nitrogens with one attached hydrogen (secondary N) is 1. The van der Waals surface area contributed by atoms with Gasteiger partial charge in [0.25, 0.3) is 0 Å². The fourth-order valence-electron chi connectivity index (χ4n) is 2.61. The highest BCUT2D eigenvalue weighted by Gasteiger charge is 2.22. The molecule has 2 atom stereocenters. The van der Waals surface area contributed by atoms with Crippen molar-refractivity contribution in [1.29, 1.82) is 0 Å². The second kappa shape index (κ2) is 6.88. The summed E-state index contributed by atoms with van der Waals surface area (Å²) in [6, 6.07) is 9.13. The standard InChI is InChI=1S/C15H24N2O/c1-12-4-6-13(7-5-12)8-9-15(17-16)14-3-2-10-18-11-14/h4-7,14-15,17H,2-3,8-11,16H2,1H3. The van der Waals surface area contributed by atoms with Crippen molar-refractivity contribution in [3.05, 3.63) is 35.4 Å². The van der Waals surface area contributed by atoms with E-state index < -0.39 is 0 Å². The fourth-order valence-corrected chi connectivity index (χ4v) is 2.61. The van der Waals surface area contributed by atoms with Gasteiger partial charge in [-0.1, -0.05) is 29.8 Å². The summed E-state index contributed by atoms with van der Waals surface area (Å²) in [7, 11) is 0. The van der Waals surface area contributed by atoms with E-state index >= 15 is 0 Å². The first kappa shape index (κ1) is 13.5. The van der Waals surface area contributed by atoms with Crippen LogP contribution in [0, 0.1) is 12.8 Å². The third kappa shape index (κ3) is 3.80. The van der Waals surface area contributed by atoms with Gasteiger partial charge in [-0.2, -0.15) is 0 Å². The number of aryl methyl sites for hydroxylation is 2. The van der Waals surface area contributed by atoms with Gasteiger partial charge in [-0.3, -0.25) is 11.3 Å².